The molecule has 5 N–H and O–H groups in total. The first-order valence-corrected chi connectivity index (χ1v) is 9.95. The van der Waals surface area contributed by atoms with Gasteiger partial charge in [0, 0.05) is 0 Å². The van der Waals surface area contributed by atoms with Crippen LogP contribution >= 0.6 is 0 Å². The number of aliphatic carboxylic acids is 1. The van der Waals surface area contributed by atoms with Crippen LogP contribution in [0.1, 0.15) is 53.9 Å². The van der Waals surface area contributed by atoms with Gasteiger partial charge in [-0.3, -0.25) is 14.4 Å². The highest BCUT2D eigenvalue weighted by Crippen LogP contribution is 2.11. The van der Waals surface area contributed by atoms with E-state index < -0.39 is 35.9 Å². The molecule has 0 aromatic carbocycles. The zero-order chi connectivity index (χ0) is 21.4. The summed E-state index contributed by atoms with van der Waals surface area (Å²) in [6, 6.07) is -3.04. The SMILES string of the molecule is CCC(C)C(NC(=O)C(C)NC(=O)C1CCCN1)C(=O)NC(C(=O)O)C(C)C. The molecule has 1 fully saturated rings. The number of carbonyl (C=O) groups excluding carboxylic acids is 3. The van der Waals surface area contributed by atoms with E-state index in [4.69, 9.17) is 0 Å². The molecule has 1 heterocycles. The summed E-state index contributed by atoms with van der Waals surface area (Å²) in [4.78, 5) is 48.7. The Labute approximate surface area is 166 Å². The number of carboxylic acid groups (broad SMARTS) is 1. The Kier molecular flexibility index (Phi) is 9.37. The van der Waals surface area contributed by atoms with Crippen molar-refractivity contribution in [2.24, 2.45) is 11.8 Å². The quantitative estimate of drug-likeness (QED) is 0.351. The van der Waals surface area contributed by atoms with Crippen LogP contribution in [0.15, 0.2) is 0 Å². The van der Waals surface area contributed by atoms with Crippen LogP contribution < -0.4 is 21.3 Å². The second-order valence-electron chi connectivity index (χ2n) is 7.82. The Morgan fingerprint density at radius 3 is 2.07 bits per heavy atom. The van der Waals surface area contributed by atoms with Crippen molar-refractivity contribution in [1.29, 1.82) is 0 Å². The molecule has 28 heavy (non-hydrogen) atoms. The fourth-order valence-corrected chi connectivity index (χ4v) is 3.02. The number of carbonyl (C=O) groups is 4. The molecule has 0 saturated carbocycles. The second kappa shape index (κ2) is 11.0. The molecule has 0 aliphatic carbocycles. The van der Waals surface area contributed by atoms with E-state index in [0.717, 1.165) is 19.4 Å². The molecule has 0 radical (unpaired) electrons. The maximum Gasteiger partial charge on any atom is 0.326 e. The van der Waals surface area contributed by atoms with Crippen LogP contribution in [0.4, 0.5) is 0 Å². The Morgan fingerprint density at radius 1 is 1.00 bits per heavy atom. The predicted molar refractivity (Wildman–Crippen MR) is 104 cm³/mol. The molecule has 9 heteroatoms. The minimum atomic E-state index is -1.12. The molecule has 3 amide bonds. The predicted octanol–water partition coefficient (Wildman–Crippen LogP) is -0.000600. The number of hydrogen-bond donors (Lipinski definition) is 5. The van der Waals surface area contributed by atoms with Gasteiger partial charge in [-0.1, -0.05) is 34.1 Å². The molecule has 1 rings (SSSR count). The van der Waals surface area contributed by atoms with Gasteiger partial charge in [0.1, 0.15) is 18.1 Å². The van der Waals surface area contributed by atoms with E-state index in [-0.39, 0.29) is 23.8 Å². The Bertz CT molecular complexity index is 575. The van der Waals surface area contributed by atoms with Crippen LogP contribution in [0.2, 0.25) is 0 Å². The average Bonchev–Trinajstić information content (AvgIpc) is 3.17. The molecule has 0 bridgehead atoms. The molecule has 0 aromatic heterocycles. The molecule has 9 nitrogen and oxygen atoms in total. The fourth-order valence-electron chi connectivity index (χ4n) is 3.02. The highest BCUT2D eigenvalue weighted by molar-refractivity contribution is 5.94. The standard InChI is InChI=1S/C19H34N4O5/c1-6-11(4)15(18(26)22-14(10(2)3)19(27)28)23-16(24)12(5)21-17(25)13-8-7-9-20-13/h10-15,20H,6-9H2,1-5H3,(H,21,25)(H,22,26)(H,23,24)(H,27,28). The van der Waals surface area contributed by atoms with Gasteiger partial charge in [-0.15, -0.1) is 0 Å². The van der Waals surface area contributed by atoms with Crippen LogP contribution in [-0.4, -0.2) is 59.5 Å². The molecular weight excluding hydrogens is 364 g/mol. The summed E-state index contributed by atoms with van der Waals surface area (Å²) < 4.78 is 0. The number of nitrogens with one attached hydrogen (secondary N) is 4. The van der Waals surface area contributed by atoms with Crippen LogP contribution in [0.5, 0.6) is 0 Å². The van der Waals surface area contributed by atoms with Crippen molar-refractivity contribution in [2.45, 2.75) is 78.0 Å². The van der Waals surface area contributed by atoms with Crippen molar-refractivity contribution < 1.29 is 24.3 Å². The van der Waals surface area contributed by atoms with E-state index in [1.807, 2.05) is 6.92 Å². The first-order valence-electron chi connectivity index (χ1n) is 9.95. The molecule has 5 atom stereocenters. The second-order valence-corrected chi connectivity index (χ2v) is 7.82. The molecule has 1 saturated heterocycles. The molecular formula is C19H34N4O5. The lowest BCUT2D eigenvalue weighted by atomic mass is 9.96. The monoisotopic (exact) mass is 398 g/mol. The third-order valence-electron chi connectivity index (χ3n) is 5.15. The topological polar surface area (TPSA) is 137 Å². The van der Waals surface area contributed by atoms with Crippen molar-refractivity contribution in [2.75, 3.05) is 6.54 Å². The van der Waals surface area contributed by atoms with E-state index >= 15 is 0 Å². The zero-order valence-corrected chi connectivity index (χ0v) is 17.4. The van der Waals surface area contributed by atoms with Gasteiger partial charge in [0.05, 0.1) is 6.04 Å². The van der Waals surface area contributed by atoms with Gasteiger partial charge in [0.2, 0.25) is 17.7 Å². The van der Waals surface area contributed by atoms with Crippen molar-refractivity contribution in [3.63, 3.8) is 0 Å². The summed E-state index contributed by atoms with van der Waals surface area (Å²) in [5.74, 6) is -2.89. The number of rotatable bonds is 10. The van der Waals surface area contributed by atoms with Crippen molar-refractivity contribution in [1.82, 2.24) is 21.3 Å². The summed E-state index contributed by atoms with van der Waals surface area (Å²) in [5, 5.41) is 20.2. The number of amides is 3. The first kappa shape index (κ1) is 23.9. The highest BCUT2D eigenvalue weighted by atomic mass is 16.4. The fraction of sp³-hybridized carbons (Fsp3) is 0.789. The average molecular weight is 399 g/mol. The van der Waals surface area contributed by atoms with Gasteiger partial charge in [-0.05, 0) is 38.1 Å². The summed E-state index contributed by atoms with van der Waals surface area (Å²) >= 11 is 0. The van der Waals surface area contributed by atoms with Gasteiger partial charge in [0.15, 0.2) is 0 Å². The zero-order valence-electron chi connectivity index (χ0n) is 17.4. The van der Waals surface area contributed by atoms with Gasteiger partial charge >= 0.3 is 5.97 Å². The van der Waals surface area contributed by atoms with Crippen LogP contribution in [0.3, 0.4) is 0 Å². The molecule has 1 aliphatic heterocycles. The molecule has 1 aliphatic rings. The summed E-state index contributed by atoms with van der Waals surface area (Å²) in [7, 11) is 0. The maximum absolute atomic E-state index is 12.7. The summed E-state index contributed by atoms with van der Waals surface area (Å²) in [5.41, 5.74) is 0. The van der Waals surface area contributed by atoms with Gasteiger partial charge in [0.25, 0.3) is 0 Å². The Morgan fingerprint density at radius 2 is 1.61 bits per heavy atom. The van der Waals surface area contributed by atoms with Gasteiger partial charge < -0.3 is 26.4 Å². The minimum absolute atomic E-state index is 0.204. The smallest absolute Gasteiger partial charge is 0.326 e. The van der Waals surface area contributed by atoms with Crippen LogP contribution in [0, 0.1) is 11.8 Å². The van der Waals surface area contributed by atoms with Crippen LogP contribution in [-0.2, 0) is 19.2 Å². The molecule has 160 valence electrons. The molecule has 0 spiro atoms. The van der Waals surface area contributed by atoms with Gasteiger partial charge in [-0.25, -0.2) is 4.79 Å². The maximum atomic E-state index is 12.7. The van der Waals surface area contributed by atoms with E-state index in [0.29, 0.717) is 6.42 Å². The van der Waals surface area contributed by atoms with E-state index in [1.54, 1.807) is 27.7 Å². The summed E-state index contributed by atoms with van der Waals surface area (Å²) in [6.45, 7) is 9.42. The largest absolute Gasteiger partial charge is 0.480 e. The third-order valence-corrected chi connectivity index (χ3v) is 5.15. The Balaban J connectivity index is 2.75. The molecule has 0 aromatic rings. The highest BCUT2D eigenvalue weighted by Gasteiger charge is 2.32. The first-order chi connectivity index (χ1) is 13.1. The lowest BCUT2D eigenvalue weighted by Gasteiger charge is -2.28. The normalized spacial score (nSPS) is 20.7. The summed E-state index contributed by atoms with van der Waals surface area (Å²) in [6.07, 6.45) is 2.25. The van der Waals surface area contributed by atoms with Crippen molar-refractivity contribution in [3.8, 4) is 0 Å². The van der Waals surface area contributed by atoms with Crippen molar-refractivity contribution >= 4 is 23.7 Å². The molecule has 5 unspecified atom stereocenters. The lowest BCUT2D eigenvalue weighted by molar-refractivity contribution is -0.144. The lowest BCUT2D eigenvalue weighted by Crippen LogP contribution is -2.58. The van der Waals surface area contributed by atoms with Crippen LogP contribution in [0.25, 0.3) is 0 Å². The minimum Gasteiger partial charge on any atom is -0.480 e. The van der Waals surface area contributed by atoms with Crippen molar-refractivity contribution in [3.05, 3.63) is 0 Å². The Hall–Kier alpha value is -2.16. The third kappa shape index (κ3) is 6.78. The van der Waals surface area contributed by atoms with E-state index in [2.05, 4.69) is 21.3 Å². The number of hydrogen-bond acceptors (Lipinski definition) is 5. The number of carboxylic acids is 1. The van der Waals surface area contributed by atoms with Gasteiger partial charge in [-0.2, -0.15) is 0 Å². The van der Waals surface area contributed by atoms with E-state index in [1.165, 1.54) is 0 Å². The van der Waals surface area contributed by atoms with E-state index in [9.17, 15) is 24.3 Å².